The summed E-state index contributed by atoms with van der Waals surface area (Å²) in [6, 6.07) is 10.1. The van der Waals surface area contributed by atoms with E-state index in [1.807, 2.05) is 37.4 Å². The molecule has 1 aromatic carbocycles. The molecule has 0 saturated carbocycles. The maximum absolute atomic E-state index is 5.81. The number of halogens is 1. The van der Waals surface area contributed by atoms with Crippen molar-refractivity contribution in [3.63, 3.8) is 0 Å². The number of aromatic nitrogens is 1. The van der Waals surface area contributed by atoms with E-state index in [0.717, 1.165) is 28.0 Å². The summed E-state index contributed by atoms with van der Waals surface area (Å²) >= 11 is 2.27. The third kappa shape index (κ3) is 4.18. The molecule has 0 aliphatic carbocycles. The highest BCUT2D eigenvalue weighted by molar-refractivity contribution is 14.1. The highest BCUT2D eigenvalue weighted by atomic mass is 127. The van der Waals surface area contributed by atoms with Gasteiger partial charge < -0.3 is 10.1 Å². The summed E-state index contributed by atoms with van der Waals surface area (Å²) in [7, 11) is 0. The summed E-state index contributed by atoms with van der Waals surface area (Å²) < 4.78 is 6.96. The molecule has 0 aliphatic rings. The zero-order valence-corrected chi connectivity index (χ0v) is 13.3. The van der Waals surface area contributed by atoms with Crippen molar-refractivity contribution in [3.05, 3.63) is 51.2 Å². The van der Waals surface area contributed by atoms with Gasteiger partial charge in [0.2, 0.25) is 5.88 Å². The predicted molar refractivity (Wildman–Crippen MR) is 85.6 cm³/mol. The quantitative estimate of drug-likeness (QED) is 0.813. The average molecular weight is 368 g/mol. The van der Waals surface area contributed by atoms with Gasteiger partial charge in [0.1, 0.15) is 5.75 Å². The fourth-order valence-electron chi connectivity index (χ4n) is 1.74. The molecular formula is C15H17IN2O. The monoisotopic (exact) mass is 368 g/mol. The van der Waals surface area contributed by atoms with Crippen molar-refractivity contribution in [2.75, 3.05) is 6.54 Å². The number of hydrogen-bond donors (Lipinski definition) is 1. The Bertz CT molecular complexity index is 558. The number of pyridine rings is 1. The van der Waals surface area contributed by atoms with Crippen molar-refractivity contribution >= 4 is 22.6 Å². The van der Waals surface area contributed by atoms with Crippen LogP contribution in [-0.2, 0) is 6.54 Å². The Labute approximate surface area is 127 Å². The van der Waals surface area contributed by atoms with E-state index in [-0.39, 0.29) is 0 Å². The standard InChI is InChI=1S/C15H17IN2O/c1-3-17-9-12-7-11(2)15(18-10-12)19-14-6-4-5-13(16)8-14/h4-8,10,17H,3,9H2,1-2H3. The molecule has 2 rings (SSSR count). The van der Waals surface area contributed by atoms with Gasteiger partial charge in [-0.25, -0.2) is 4.98 Å². The van der Waals surface area contributed by atoms with E-state index in [1.54, 1.807) is 0 Å². The summed E-state index contributed by atoms with van der Waals surface area (Å²) in [5.74, 6) is 1.49. The summed E-state index contributed by atoms with van der Waals surface area (Å²) in [5, 5.41) is 3.29. The maximum atomic E-state index is 5.81. The van der Waals surface area contributed by atoms with E-state index in [0.29, 0.717) is 5.88 Å². The largest absolute Gasteiger partial charge is 0.439 e. The van der Waals surface area contributed by atoms with Gasteiger partial charge in [0.15, 0.2) is 0 Å². The van der Waals surface area contributed by atoms with Gasteiger partial charge in [0, 0.05) is 21.9 Å². The van der Waals surface area contributed by atoms with Crippen molar-refractivity contribution < 1.29 is 4.74 Å². The average Bonchev–Trinajstić information content (AvgIpc) is 2.39. The van der Waals surface area contributed by atoms with Crippen LogP contribution in [-0.4, -0.2) is 11.5 Å². The Hall–Kier alpha value is -1.14. The molecule has 0 aliphatic heterocycles. The van der Waals surface area contributed by atoms with Crippen LogP contribution in [0.5, 0.6) is 11.6 Å². The molecule has 3 nitrogen and oxygen atoms in total. The van der Waals surface area contributed by atoms with Crippen molar-refractivity contribution in [1.29, 1.82) is 0 Å². The lowest BCUT2D eigenvalue weighted by Crippen LogP contribution is -2.12. The first kappa shape index (κ1) is 14.3. The third-order valence-electron chi connectivity index (χ3n) is 2.68. The molecule has 0 unspecified atom stereocenters. The Morgan fingerprint density at radius 2 is 2.16 bits per heavy atom. The summed E-state index contributed by atoms with van der Waals surface area (Å²) in [5.41, 5.74) is 2.23. The first-order valence-electron chi connectivity index (χ1n) is 6.28. The fraction of sp³-hybridized carbons (Fsp3) is 0.267. The molecule has 100 valence electrons. The first-order valence-corrected chi connectivity index (χ1v) is 7.36. The molecule has 1 heterocycles. The fourth-order valence-corrected chi connectivity index (χ4v) is 2.25. The summed E-state index contributed by atoms with van der Waals surface area (Å²) in [4.78, 5) is 4.39. The van der Waals surface area contributed by atoms with Gasteiger partial charge in [-0.15, -0.1) is 0 Å². The van der Waals surface area contributed by atoms with E-state index in [9.17, 15) is 0 Å². The van der Waals surface area contributed by atoms with Gasteiger partial charge in [-0.05, 0) is 65.9 Å². The van der Waals surface area contributed by atoms with Crippen molar-refractivity contribution in [2.45, 2.75) is 20.4 Å². The minimum Gasteiger partial charge on any atom is -0.439 e. The molecule has 0 atom stereocenters. The van der Waals surface area contributed by atoms with Gasteiger partial charge in [-0.1, -0.05) is 13.0 Å². The molecule has 19 heavy (non-hydrogen) atoms. The lowest BCUT2D eigenvalue weighted by Gasteiger charge is -2.09. The molecule has 1 N–H and O–H groups in total. The minimum absolute atomic E-state index is 0.669. The van der Waals surface area contributed by atoms with E-state index in [4.69, 9.17) is 4.74 Å². The molecule has 2 aromatic rings. The zero-order valence-electron chi connectivity index (χ0n) is 11.1. The van der Waals surface area contributed by atoms with E-state index in [2.05, 4.69) is 45.9 Å². The minimum atomic E-state index is 0.669. The number of rotatable bonds is 5. The molecular weight excluding hydrogens is 351 g/mol. The Balaban J connectivity index is 2.13. The molecule has 4 heteroatoms. The van der Waals surface area contributed by atoms with Crippen LogP contribution in [0, 0.1) is 10.5 Å². The van der Waals surface area contributed by atoms with Crippen LogP contribution in [0.1, 0.15) is 18.1 Å². The maximum Gasteiger partial charge on any atom is 0.222 e. The first-order chi connectivity index (χ1) is 9.19. The number of ether oxygens (including phenoxy) is 1. The second kappa shape index (κ2) is 6.86. The molecule has 0 bridgehead atoms. The Morgan fingerprint density at radius 1 is 1.32 bits per heavy atom. The van der Waals surface area contributed by atoms with Gasteiger partial charge in [0.05, 0.1) is 0 Å². The van der Waals surface area contributed by atoms with Gasteiger partial charge in [-0.2, -0.15) is 0 Å². The Morgan fingerprint density at radius 3 is 2.84 bits per heavy atom. The van der Waals surface area contributed by atoms with Crippen LogP contribution in [0.4, 0.5) is 0 Å². The second-order valence-electron chi connectivity index (χ2n) is 4.31. The lowest BCUT2D eigenvalue weighted by atomic mass is 10.2. The summed E-state index contributed by atoms with van der Waals surface area (Å²) in [6.07, 6.45) is 1.86. The molecule has 0 amide bonds. The number of benzene rings is 1. The SMILES string of the molecule is CCNCc1cnc(Oc2cccc(I)c2)c(C)c1. The third-order valence-corrected chi connectivity index (χ3v) is 3.35. The highest BCUT2D eigenvalue weighted by Crippen LogP contribution is 2.24. The van der Waals surface area contributed by atoms with Crippen LogP contribution in [0.2, 0.25) is 0 Å². The number of nitrogens with zero attached hydrogens (tertiary/aromatic N) is 1. The van der Waals surface area contributed by atoms with Crippen LogP contribution < -0.4 is 10.1 Å². The van der Waals surface area contributed by atoms with Gasteiger partial charge in [0.25, 0.3) is 0 Å². The van der Waals surface area contributed by atoms with Crippen LogP contribution in [0.3, 0.4) is 0 Å². The van der Waals surface area contributed by atoms with E-state index >= 15 is 0 Å². The van der Waals surface area contributed by atoms with Crippen LogP contribution >= 0.6 is 22.6 Å². The Kier molecular flexibility index (Phi) is 5.15. The van der Waals surface area contributed by atoms with Crippen LogP contribution in [0.25, 0.3) is 0 Å². The topological polar surface area (TPSA) is 34.2 Å². The second-order valence-corrected chi connectivity index (χ2v) is 5.55. The lowest BCUT2D eigenvalue weighted by molar-refractivity contribution is 0.458. The van der Waals surface area contributed by atoms with Gasteiger partial charge in [-0.3, -0.25) is 0 Å². The molecule has 0 radical (unpaired) electrons. The molecule has 0 saturated heterocycles. The van der Waals surface area contributed by atoms with Gasteiger partial charge >= 0.3 is 0 Å². The predicted octanol–water partition coefficient (Wildman–Crippen LogP) is 3.90. The highest BCUT2D eigenvalue weighted by Gasteiger charge is 2.05. The number of nitrogens with one attached hydrogen (secondary N) is 1. The van der Waals surface area contributed by atoms with Crippen LogP contribution in [0.15, 0.2) is 36.5 Å². The van der Waals surface area contributed by atoms with Crippen molar-refractivity contribution in [3.8, 4) is 11.6 Å². The molecule has 0 fully saturated rings. The van der Waals surface area contributed by atoms with Crippen molar-refractivity contribution in [1.82, 2.24) is 10.3 Å². The molecule has 0 spiro atoms. The number of aryl methyl sites for hydroxylation is 1. The van der Waals surface area contributed by atoms with E-state index in [1.165, 1.54) is 5.56 Å². The zero-order chi connectivity index (χ0) is 13.7. The number of hydrogen-bond acceptors (Lipinski definition) is 3. The molecule has 1 aromatic heterocycles. The van der Waals surface area contributed by atoms with E-state index < -0.39 is 0 Å². The smallest absolute Gasteiger partial charge is 0.222 e. The summed E-state index contributed by atoms with van der Waals surface area (Å²) in [6.45, 7) is 5.91. The van der Waals surface area contributed by atoms with Crippen molar-refractivity contribution in [2.24, 2.45) is 0 Å². The normalized spacial score (nSPS) is 10.5.